The van der Waals surface area contributed by atoms with Crippen molar-refractivity contribution in [1.82, 2.24) is 0 Å². The van der Waals surface area contributed by atoms with Gasteiger partial charge in [-0.1, -0.05) is 0 Å². The predicted molar refractivity (Wildman–Crippen MR) is 201 cm³/mol. The second kappa shape index (κ2) is 24.9. The zero-order valence-electron chi connectivity index (χ0n) is 35.2. The summed E-state index contributed by atoms with van der Waals surface area (Å²) < 4.78 is 55.2. The van der Waals surface area contributed by atoms with Crippen molar-refractivity contribution in [3.63, 3.8) is 0 Å². The average Bonchev–Trinajstić information content (AvgIpc) is 3.32. The van der Waals surface area contributed by atoms with E-state index in [2.05, 4.69) is 0 Å². The van der Waals surface area contributed by atoms with Crippen LogP contribution >= 0.6 is 0 Å². The number of hydrogen-bond acceptors (Lipinski definition) is 31. The molecule has 5 aliphatic heterocycles. The maximum atomic E-state index is 11.5. The van der Waals surface area contributed by atoms with Crippen LogP contribution in [-0.2, 0) is 47.4 Å². The van der Waals surface area contributed by atoms with Crippen molar-refractivity contribution in [3.8, 4) is 0 Å². The Kier molecular flexibility index (Phi) is 21.1. The molecule has 5 fully saturated rings. The fraction of sp³-hybridized carbons (Fsp3) is 1.00. The predicted octanol–water partition coefficient (Wildman–Crippen LogP) is -14.5. The van der Waals surface area contributed by atoms with Crippen LogP contribution in [0.25, 0.3) is 0 Å². The normalized spacial score (nSPS) is 48.4. The van der Waals surface area contributed by atoms with E-state index >= 15 is 0 Å². The summed E-state index contributed by atoms with van der Waals surface area (Å²) in [5, 5.41) is 220. The van der Waals surface area contributed by atoms with Crippen LogP contribution in [0.5, 0.6) is 0 Å². The van der Waals surface area contributed by atoms with Crippen molar-refractivity contribution in [3.05, 3.63) is 0 Å². The van der Waals surface area contributed by atoms with Gasteiger partial charge in [0, 0.05) is 0 Å². The molecule has 31 nitrogen and oxygen atoms in total. The highest BCUT2D eigenvalue weighted by Gasteiger charge is 2.57. The molecular weight excluding hydrogens is 928 g/mol. The van der Waals surface area contributed by atoms with Crippen molar-refractivity contribution in [1.29, 1.82) is 0 Å². The van der Waals surface area contributed by atoms with Gasteiger partial charge in [-0.25, -0.2) is 0 Å². The van der Waals surface area contributed by atoms with Gasteiger partial charge in [-0.3, -0.25) is 0 Å². The van der Waals surface area contributed by atoms with Crippen molar-refractivity contribution >= 4 is 0 Å². The molecule has 0 radical (unpaired) electrons. The zero-order valence-corrected chi connectivity index (χ0v) is 35.2. The molecule has 0 aromatic carbocycles. The third-order valence-corrected chi connectivity index (χ3v) is 12.1. The third-order valence-electron chi connectivity index (χ3n) is 12.1. The van der Waals surface area contributed by atoms with Gasteiger partial charge in [0.05, 0.1) is 46.2 Å². The fourth-order valence-corrected chi connectivity index (χ4v) is 8.09. The molecule has 394 valence electrons. The summed E-state index contributed by atoms with van der Waals surface area (Å²) in [6, 6.07) is 0. The topological polar surface area (TPSA) is 517 Å². The molecule has 5 heterocycles. The third kappa shape index (κ3) is 12.2. The van der Waals surface area contributed by atoms with Gasteiger partial charge in [0.15, 0.2) is 31.5 Å². The van der Waals surface area contributed by atoms with E-state index in [1.165, 1.54) is 0 Å². The fourth-order valence-electron chi connectivity index (χ4n) is 8.09. The van der Waals surface area contributed by atoms with E-state index in [1.54, 1.807) is 0 Å². The highest BCUT2D eigenvalue weighted by Crippen LogP contribution is 2.36. The molecule has 67 heavy (non-hydrogen) atoms. The van der Waals surface area contributed by atoms with Gasteiger partial charge >= 0.3 is 0 Å². The quantitative estimate of drug-likeness (QED) is 0.0538. The lowest BCUT2D eigenvalue weighted by molar-refractivity contribution is -0.396. The van der Waals surface area contributed by atoms with Gasteiger partial charge in [-0.2, -0.15) is 0 Å². The summed E-state index contributed by atoms with van der Waals surface area (Å²) in [4.78, 5) is 0. The van der Waals surface area contributed by atoms with E-state index < -0.39 is 224 Å². The van der Waals surface area contributed by atoms with E-state index in [1.807, 2.05) is 0 Å². The van der Waals surface area contributed by atoms with Crippen LogP contribution in [0.15, 0.2) is 0 Å². The summed E-state index contributed by atoms with van der Waals surface area (Å²) in [5.41, 5.74) is 0. The lowest BCUT2D eigenvalue weighted by Gasteiger charge is -2.50. The van der Waals surface area contributed by atoms with Crippen molar-refractivity contribution in [2.45, 2.75) is 178 Å². The maximum absolute atomic E-state index is 11.5. The lowest BCUT2D eigenvalue weighted by atomic mass is 9.95. The average molecular weight is 993 g/mol. The summed E-state index contributed by atoms with van der Waals surface area (Å²) in [6.07, 6.45) is -57.9. The Morgan fingerprint density at radius 2 is 0.582 bits per heavy atom. The monoisotopic (exact) mass is 992 g/mol. The standard InChI is InChI=1S/C36H64O31/c37-1-8(44)15(46)27(9(45)2-38)63-33-23(54)29(18(49)11(4-40)59-33)65-35-25(56)31(20(51)13(6-42)61-35)67-36-26(57)30(19(50)14(7-43)62-36)66-34-24(55)28(17(48)12(5-41)60-34)64-32-22(53)21(52)16(47)10(3-39)58-32/h8-57H,1-7H2/t8-,9+,10-,11-,12-,13-,14-,15-,16-,17-,18-,19-,20-,21+,22-,23-,24-,25-,26-,27-,28+,29+,30+,31+,32+,33+,34+,35+,36+/m1/s1. The first-order valence-electron chi connectivity index (χ1n) is 21.1. The molecule has 0 amide bonds. The minimum Gasteiger partial charge on any atom is -0.394 e. The highest BCUT2D eigenvalue weighted by atomic mass is 16.8. The largest absolute Gasteiger partial charge is 0.394 e. The molecule has 0 bridgehead atoms. The van der Waals surface area contributed by atoms with Gasteiger partial charge < -0.3 is 155 Å². The summed E-state index contributed by atoms with van der Waals surface area (Å²) in [5.74, 6) is 0. The van der Waals surface area contributed by atoms with Crippen LogP contribution in [0.1, 0.15) is 0 Å². The van der Waals surface area contributed by atoms with E-state index in [0.717, 1.165) is 0 Å². The van der Waals surface area contributed by atoms with Crippen LogP contribution in [0.4, 0.5) is 0 Å². The summed E-state index contributed by atoms with van der Waals surface area (Å²) in [6.45, 7) is -7.16. The Hall–Kier alpha value is -1.24. The van der Waals surface area contributed by atoms with Gasteiger partial charge in [0.2, 0.25) is 0 Å². The Morgan fingerprint density at radius 3 is 0.881 bits per heavy atom. The molecule has 29 atom stereocenters. The SMILES string of the molecule is OC[C@@H](O)[C@@H](O)[C@H](O[C@@H]1O[C@H](CO)[C@@H](O)[C@H](O[C@@H]2O[C@H](CO)[C@@H](O)[C@H](O[C@@H]3O[C@H](CO)[C@@H](O)[C@H](O[C@@H]4O[C@H](CO)[C@@H](O)[C@H](O[C@@H]5O[C@H](CO)[C@@H](O)[C@H](O)[C@H]5O)[C@H]4O)[C@H]3O)[C@H]2O)[C@H]1O)[C@@H](O)CO. The van der Waals surface area contributed by atoms with Gasteiger partial charge in [-0.05, 0) is 0 Å². The molecule has 5 rings (SSSR count). The number of rotatable bonds is 20. The van der Waals surface area contributed by atoms with Gasteiger partial charge in [0.25, 0.3) is 0 Å². The molecule has 0 aliphatic carbocycles. The first kappa shape index (κ1) is 56.7. The van der Waals surface area contributed by atoms with Crippen molar-refractivity contribution in [2.75, 3.05) is 46.2 Å². The van der Waals surface area contributed by atoms with E-state index in [0.29, 0.717) is 0 Å². The maximum Gasteiger partial charge on any atom is 0.187 e. The first-order valence-corrected chi connectivity index (χ1v) is 21.1. The Labute approximate surface area is 378 Å². The van der Waals surface area contributed by atoms with Crippen LogP contribution < -0.4 is 0 Å². The van der Waals surface area contributed by atoms with E-state index in [4.69, 9.17) is 47.4 Å². The lowest BCUT2D eigenvalue weighted by Crippen LogP contribution is -2.68. The van der Waals surface area contributed by atoms with Gasteiger partial charge in [0.1, 0.15) is 146 Å². The molecule has 31 heteroatoms. The van der Waals surface area contributed by atoms with Crippen LogP contribution in [0.2, 0.25) is 0 Å². The molecule has 0 unspecified atom stereocenters. The molecule has 0 aromatic heterocycles. The Bertz CT molecular complexity index is 1460. The Balaban J connectivity index is 1.35. The second-order valence-electron chi connectivity index (χ2n) is 16.5. The number of ether oxygens (including phenoxy) is 10. The van der Waals surface area contributed by atoms with E-state index in [-0.39, 0.29) is 0 Å². The smallest absolute Gasteiger partial charge is 0.187 e. The minimum atomic E-state index is -2.28. The number of aliphatic hydroxyl groups is 21. The minimum absolute atomic E-state index is 0.880. The number of hydrogen-bond donors (Lipinski definition) is 21. The molecule has 21 N–H and O–H groups in total. The molecule has 0 spiro atoms. The molecule has 0 aromatic rings. The zero-order chi connectivity index (χ0) is 49.8. The number of aliphatic hydroxyl groups excluding tert-OH is 21. The molecular formula is C36H64O31. The second-order valence-corrected chi connectivity index (χ2v) is 16.5. The molecule has 5 aliphatic rings. The van der Waals surface area contributed by atoms with Crippen LogP contribution in [0.3, 0.4) is 0 Å². The Morgan fingerprint density at radius 1 is 0.313 bits per heavy atom. The first-order chi connectivity index (χ1) is 31.7. The summed E-state index contributed by atoms with van der Waals surface area (Å²) in [7, 11) is 0. The van der Waals surface area contributed by atoms with Crippen LogP contribution in [-0.4, -0.2) is 331 Å². The molecule has 0 saturated carbocycles. The van der Waals surface area contributed by atoms with Gasteiger partial charge in [-0.15, -0.1) is 0 Å². The van der Waals surface area contributed by atoms with Crippen LogP contribution in [0, 0.1) is 0 Å². The van der Waals surface area contributed by atoms with Crippen molar-refractivity contribution < 1.29 is 155 Å². The summed E-state index contributed by atoms with van der Waals surface area (Å²) >= 11 is 0. The van der Waals surface area contributed by atoms with Crippen molar-refractivity contribution in [2.24, 2.45) is 0 Å². The van der Waals surface area contributed by atoms with E-state index in [9.17, 15) is 107 Å². The highest BCUT2D eigenvalue weighted by molar-refractivity contribution is 4.99. The molecule has 5 saturated heterocycles.